The number of rotatable bonds is 5. The molecule has 1 aliphatic heterocycles. The molecule has 0 aliphatic carbocycles. The fourth-order valence-electron chi connectivity index (χ4n) is 1.92. The Balaban J connectivity index is 1.71. The Kier molecular flexibility index (Phi) is 3.99. The maximum absolute atomic E-state index is 11.7. The Hall–Kier alpha value is -1.29. The van der Waals surface area contributed by atoms with Crippen molar-refractivity contribution in [2.45, 2.75) is 38.2 Å². The molecule has 1 unspecified atom stereocenters. The Morgan fingerprint density at radius 2 is 2.25 bits per heavy atom. The molecule has 16 heavy (non-hydrogen) atoms. The molecule has 0 N–H and O–H groups in total. The first-order valence-electron chi connectivity index (χ1n) is 5.78. The van der Waals surface area contributed by atoms with Crippen LogP contribution < -0.4 is 0 Å². The smallest absolute Gasteiger partial charge is 0.200 e. The number of carbonyl (C=O) groups excluding carboxylic acids is 1. The molecule has 0 saturated carbocycles. The molecule has 1 aliphatic rings. The molecule has 1 aromatic heterocycles. The van der Waals surface area contributed by atoms with Crippen molar-refractivity contribution in [3.05, 3.63) is 24.3 Å². The lowest BCUT2D eigenvalue weighted by Gasteiger charge is -2.07. The van der Waals surface area contributed by atoms with Gasteiger partial charge in [0.05, 0.1) is 6.10 Å². The number of carbonyl (C=O) groups is 1. The highest BCUT2D eigenvalue weighted by Gasteiger charge is 2.16. The van der Waals surface area contributed by atoms with Gasteiger partial charge >= 0.3 is 0 Å². The number of Topliss-reactive ketones (excluding diaryl/α,β-unsaturated/α-hetero) is 1. The number of ketones is 1. The van der Waals surface area contributed by atoms with Gasteiger partial charge in [-0.3, -0.25) is 4.79 Å². The molecule has 0 amide bonds. The normalized spacial score (nSPS) is 19.9. The second-order valence-electron chi connectivity index (χ2n) is 4.02. The van der Waals surface area contributed by atoms with Crippen LogP contribution in [0.15, 0.2) is 18.5 Å². The third-order valence-electron chi connectivity index (χ3n) is 2.77. The fourth-order valence-corrected chi connectivity index (χ4v) is 1.92. The van der Waals surface area contributed by atoms with E-state index in [-0.39, 0.29) is 5.78 Å². The zero-order valence-electron chi connectivity index (χ0n) is 9.26. The topological polar surface area (TPSA) is 52.1 Å². The molecule has 86 valence electrons. The van der Waals surface area contributed by atoms with Crippen molar-refractivity contribution < 1.29 is 9.53 Å². The zero-order chi connectivity index (χ0) is 11.2. The molecular formula is C12H16N2O2. The maximum atomic E-state index is 11.7. The lowest BCUT2D eigenvalue weighted by Crippen LogP contribution is -2.08. The minimum absolute atomic E-state index is 0.0265. The predicted octanol–water partition coefficient (Wildman–Crippen LogP) is 2.01. The summed E-state index contributed by atoms with van der Waals surface area (Å²) in [7, 11) is 0. The second-order valence-corrected chi connectivity index (χ2v) is 4.02. The van der Waals surface area contributed by atoms with Gasteiger partial charge in [0.25, 0.3) is 0 Å². The number of hydrogen-bond donors (Lipinski definition) is 0. The minimum Gasteiger partial charge on any atom is -0.378 e. The van der Waals surface area contributed by atoms with Gasteiger partial charge in [-0.05, 0) is 31.7 Å². The Labute approximate surface area is 95.1 Å². The van der Waals surface area contributed by atoms with Gasteiger partial charge in [0.15, 0.2) is 11.6 Å². The van der Waals surface area contributed by atoms with Crippen molar-refractivity contribution in [2.24, 2.45) is 0 Å². The fraction of sp³-hybridized carbons (Fsp3) is 0.583. The van der Waals surface area contributed by atoms with Gasteiger partial charge in [-0.15, -0.1) is 0 Å². The molecular weight excluding hydrogens is 204 g/mol. The average molecular weight is 220 g/mol. The van der Waals surface area contributed by atoms with E-state index in [1.54, 1.807) is 18.5 Å². The monoisotopic (exact) mass is 220 g/mol. The molecule has 1 saturated heterocycles. The van der Waals surface area contributed by atoms with Crippen molar-refractivity contribution in [3.8, 4) is 0 Å². The molecule has 0 spiro atoms. The summed E-state index contributed by atoms with van der Waals surface area (Å²) in [6.45, 7) is 0.875. The molecule has 1 fully saturated rings. The molecule has 0 bridgehead atoms. The standard InChI is InChI=1S/C12H16N2O2/c15-11(12-13-7-3-8-14-12)6-1-4-10-5-2-9-16-10/h3,7-8,10H,1-2,4-6,9H2. The number of ether oxygens (including phenoxy) is 1. The maximum Gasteiger partial charge on any atom is 0.200 e. The molecule has 0 aromatic carbocycles. The molecule has 0 radical (unpaired) electrons. The van der Waals surface area contributed by atoms with Gasteiger partial charge in [-0.1, -0.05) is 0 Å². The number of aromatic nitrogens is 2. The highest BCUT2D eigenvalue weighted by atomic mass is 16.5. The summed E-state index contributed by atoms with van der Waals surface area (Å²) in [6.07, 6.45) is 8.20. The van der Waals surface area contributed by atoms with Crippen molar-refractivity contribution in [3.63, 3.8) is 0 Å². The lowest BCUT2D eigenvalue weighted by atomic mass is 10.1. The van der Waals surface area contributed by atoms with Crippen LogP contribution in [0.1, 0.15) is 42.7 Å². The summed E-state index contributed by atoms with van der Waals surface area (Å²) in [4.78, 5) is 19.5. The summed E-state index contributed by atoms with van der Waals surface area (Å²) < 4.78 is 5.50. The first kappa shape index (κ1) is 11.2. The summed E-state index contributed by atoms with van der Waals surface area (Å²) in [5.74, 6) is 0.355. The SMILES string of the molecule is O=C(CCCC1CCCO1)c1ncccn1. The summed E-state index contributed by atoms with van der Waals surface area (Å²) >= 11 is 0. The van der Waals surface area contributed by atoms with Crippen LogP contribution in [0.4, 0.5) is 0 Å². The van der Waals surface area contributed by atoms with Gasteiger partial charge in [0.2, 0.25) is 0 Å². The van der Waals surface area contributed by atoms with Gasteiger partial charge in [0.1, 0.15) is 0 Å². The largest absolute Gasteiger partial charge is 0.378 e. The number of nitrogens with zero attached hydrogens (tertiary/aromatic N) is 2. The van der Waals surface area contributed by atoms with Crippen molar-refractivity contribution in [2.75, 3.05) is 6.61 Å². The molecule has 4 nitrogen and oxygen atoms in total. The van der Waals surface area contributed by atoms with Gasteiger partial charge in [-0.2, -0.15) is 0 Å². The van der Waals surface area contributed by atoms with Crippen molar-refractivity contribution in [1.82, 2.24) is 9.97 Å². The molecule has 1 aromatic rings. The minimum atomic E-state index is 0.0265. The van der Waals surface area contributed by atoms with E-state index in [4.69, 9.17) is 4.74 Å². The third-order valence-corrected chi connectivity index (χ3v) is 2.77. The van der Waals surface area contributed by atoms with E-state index in [0.29, 0.717) is 18.3 Å². The van der Waals surface area contributed by atoms with Crippen LogP contribution >= 0.6 is 0 Å². The Bertz CT molecular complexity index is 334. The van der Waals surface area contributed by atoms with E-state index in [9.17, 15) is 4.79 Å². The van der Waals surface area contributed by atoms with Crippen LogP contribution in [-0.2, 0) is 4.74 Å². The van der Waals surface area contributed by atoms with Crippen LogP contribution in [0.5, 0.6) is 0 Å². The van der Waals surface area contributed by atoms with Crippen LogP contribution in [0.2, 0.25) is 0 Å². The summed E-state index contributed by atoms with van der Waals surface area (Å²) in [5.41, 5.74) is 0. The Morgan fingerprint density at radius 1 is 1.44 bits per heavy atom. The zero-order valence-corrected chi connectivity index (χ0v) is 9.26. The summed E-state index contributed by atoms with van der Waals surface area (Å²) in [6, 6.07) is 1.71. The molecule has 2 heterocycles. The average Bonchev–Trinajstić information content (AvgIpc) is 2.83. The van der Waals surface area contributed by atoms with Crippen LogP contribution in [0.3, 0.4) is 0 Å². The first-order chi connectivity index (χ1) is 7.86. The van der Waals surface area contributed by atoms with E-state index in [1.807, 2.05) is 0 Å². The summed E-state index contributed by atoms with van der Waals surface area (Å²) in [5, 5.41) is 0. The van der Waals surface area contributed by atoms with E-state index >= 15 is 0 Å². The van der Waals surface area contributed by atoms with Crippen LogP contribution in [-0.4, -0.2) is 28.5 Å². The van der Waals surface area contributed by atoms with Gasteiger partial charge in [-0.25, -0.2) is 9.97 Å². The van der Waals surface area contributed by atoms with E-state index in [2.05, 4.69) is 9.97 Å². The second kappa shape index (κ2) is 5.70. The van der Waals surface area contributed by atoms with Crippen LogP contribution in [0, 0.1) is 0 Å². The predicted molar refractivity (Wildman–Crippen MR) is 59.2 cm³/mol. The van der Waals surface area contributed by atoms with Crippen molar-refractivity contribution >= 4 is 5.78 Å². The van der Waals surface area contributed by atoms with E-state index in [1.165, 1.54) is 0 Å². The van der Waals surface area contributed by atoms with Gasteiger partial charge < -0.3 is 4.74 Å². The Morgan fingerprint density at radius 3 is 2.94 bits per heavy atom. The highest BCUT2D eigenvalue weighted by molar-refractivity contribution is 5.92. The number of hydrogen-bond acceptors (Lipinski definition) is 4. The third kappa shape index (κ3) is 3.10. The lowest BCUT2D eigenvalue weighted by molar-refractivity contribution is 0.0915. The van der Waals surface area contributed by atoms with Gasteiger partial charge in [0, 0.05) is 25.4 Å². The molecule has 1 atom stereocenters. The molecule has 4 heteroatoms. The highest BCUT2D eigenvalue weighted by Crippen LogP contribution is 2.17. The first-order valence-corrected chi connectivity index (χ1v) is 5.78. The van der Waals surface area contributed by atoms with E-state index < -0.39 is 0 Å². The van der Waals surface area contributed by atoms with Crippen LogP contribution in [0.25, 0.3) is 0 Å². The van der Waals surface area contributed by atoms with Crippen molar-refractivity contribution in [1.29, 1.82) is 0 Å². The molecule has 2 rings (SSSR count). The van der Waals surface area contributed by atoms with E-state index in [0.717, 1.165) is 32.3 Å². The quantitative estimate of drug-likeness (QED) is 0.712.